The van der Waals surface area contributed by atoms with Gasteiger partial charge in [0.05, 0.1) is 12.1 Å². The summed E-state index contributed by atoms with van der Waals surface area (Å²) < 4.78 is 32.7. The molecule has 0 aliphatic carbocycles. The minimum absolute atomic E-state index is 0.191. The average Bonchev–Trinajstić information content (AvgIpc) is 3.21. The SMILES string of the molecule is CCNC(=NCC1(C)CCCO1)NCCNS(=O)(=O)c1cccs1. The van der Waals surface area contributed by atoms with Crippen LogP contribution in [0.15, 0.2) is 26.7 Å². The number of ether oxygens (including phenoxy) is 1. The highest BCUT2D eigenvalue weighted by Gasteiger charge is 2.29. The molecular formula is C15H26N4O3S2. The van der Waals surface area contributed by atoms with Gasteiger partial charge in [-0.2, -0.15) is 0 Å². The largest absolute Gasteiger partial charge is 0.373 e. The summed E-state index contributed by atoms with van der Waals surface area (Å²) >= 11 is 1.20. The summed E-state index contributed by atoms with van der Waals surface area (Å²) in [5.74, 6) is 0.671. The smallest absolute Gasteiger partial charge is 0.250 e. The molecule has 24 heavy (non-hydrogen) atoms. The van der Waals surface area contributed by atoms with Crippen LogP contribution in [0.25, 0.3) is 0 Å². The first-order valence-corrected chi connectivity index (χ1v) is 10.5. The van der Waals surface area contributed by atoms with Crippen molar-refractivity contribution in [2.45, 2.75) is 36.5 Å². The third-order valence-electron chi connectivity index (χ3n) is 3.69. The number of hydrogen-bond donors (Lipinski definition) is 3. The minimum Gasteiger partial charge on any atom is -0.373 e. The van der Waals surface area contributed by atoms with E-state index in [2.05, 4.69) is 27.3 Å². The fraction of sp³-hybridized carbons (Fsp3) is 0.667. The summed E-state index contributed by atoms with van der Waals surface area (Å²) in [5.41, 5.74) is -0.191. The van der Waals surface area contributed by atoms with Crippen LogP contribution in [0.5, 0.6) is 0 Å². The van der Waals surface area contributed by atoms with Gasteiger partial charge in [0.1, 0.15) is 4.21 Å². The molecule has 1 aromatic heterocycles. The van der Waals surface area contributed by atoms with E-state index in [0.29, 0.717) is 29.8 Å². The number of nitrogens with one attached hydrogen (secondary N) is 3. The fourth-order valence-corrected chi connectivity index (χ4v) is 4.47. The molecule has 0 saturated carbocycles. The molecule has 3 N–H and O–H groups in total. The fourth-order valence-electron chi connectivity index (χ4n) is 2.40. The predicted octanol–water partition coefficient (Wildman–Crippen LogP) is 1.15. The molecule has 0 radical (unpaired) electrons. The zero-order valence-corrected chi connectivity index (χ0v) is 15.8. The van der Waals surface area contributed by atoms with Crippen LogP contribution >= 0.6 is 11.3 Å². The van der Waals surface area contributed by atoms with E-state index in [1.165, 1.54) is 11.3 Å². The number of guanidine groups is 1. The Kier molecular flexibility index (Phi) is 7.02. The monoisotopic (exact) mass is 374 g/mol. The van der Waals surface area contributed by atoms with Gasteiger partial charge in [0.15, 0.2) is 5.96 Å². The van der Waals surface area contributed by atoms with E-state index in [9.17, 15) is 8.42 Å². The quantitative estimate of drug-likeness (QED) is 0.361. The Hall–Kier alpha value is -1.16. The Bertz CT molecular complexity index is 623. The Balaban J connectivity index is 1.79. The molecule has 1 aromatic rings. The molecule has 0 amide bonds. The Labute approximate surface area is 147 Å². The standard InChI is InChI=1S/C15H26N4O3S2/c1-3-16-14(18-12-15(2)7-5-10-22-15)17-8-9-19-24(20,21)13-6-4-11-23-13/h4,6,11,19H,3,5,7-10,12H2,1-2H3,(H2,16,17,18). The van der Waals surface area contributed by atoms with Crippen LogP contribution in [0.1, 0.15) is 26.7 Å². The van der Waals surface area contributed by atoms with Crippen molar-refractivity contribution < 1.29 is 13.2 Å². The van der Waals surface area contributed by atoms with E-state index in [1.807, 2.05) is 6.92 Å². The maximum absolute atomic E-state index is 12.0. The lowest BCUT2D eigenvalue weighted by Gasteiger charge is -2.21. The third-order valence-corrected chi connectivity index (χ3v) is 6.54. The Morgan fingerprint density at radius 1 is 1.42 bits per heavy atom. The van der Waals surface area contributed by atoms with Crippen LogP contribution in [0, 0.1) is 0 Å². The van der Waals surface area contributed by atoms with Crippen molar-refractivity contribution in [1.29, 1.82) is 0 Å². The lowest BCUT2D eigenvalue weighted by molar-refractivity contribution is 0.0283. The highest BCUT2D eigenvalue weighted by atomic mass is 32.2. The van der Waals surface area contributed by atoms with Crippen molar-refractivity contribution >= 4 is 27.3 Å². The van der Waals surface area contributed by atoms with Crippen molar-refractivity contribution in [1.82, 2.24) is 15.4 Å². The van der Waals surface area contributed by atoms with Gasteiger partial charge in [0.25, 0.3) is 0 Å². The molecule has 9 heteroatoms. The molecule has 136 valence electrons. The number of hydrogen-bond acceptors (Lipinski definition) is 5. The maximum atomic E-state index is 12.0. The second-order valence-corrected chi connectivity index (χ2v) is 8.80. The van der Waals surface area contributed by atoms with Crippen molar-refractivity contribution in [3.63, 3.8) is 0 Å². The Morgan fingerprint density at radius 3 is 2.88 bits per heavy atom. The van der Waals surface area contributed by atoms with Gasteiger partial charge in [0.2, 0.25) is 10.0 Å². The Morgan fingerprint density at radius 2 is 2.25 bits per heavy atom. The second-order valence-electron chi connectivity index (χ2n) is 5.85. The van der Waals surface area contributed by atoms with Gasteiger partial charge in [0, 0.05) is 26.2 Å². The third kappa shape index (κ3) is 5.73. The van der Waals surface area contributed by atoms with Crippen molar-refractivity contribution in [3.8, 4) is 0 Å². The number of nitrogens with zero attached hydrogens (tertiary/aromatic N) is 1. The van der Waals surface area contributed by atoms with Gasteiger partial charge in [-0.05, 0) is 38.1 Å². The van der Waals surface area contributed by atoms with Gasteiger partial charge >= 0.3 is 0 Å². The zero-order chi connectivity index (χ0) is 17.5. The molecule has 1 atom stereocenters. The molecule has 1 fully saturated rings. The average molecular weight is 375 g/mol. The van der Waals surface area contributed by atoms with Gasteiger partial charge in [-0.1, -0.05) is 6.07 Å². The summed E-state index contributed by atoms with van der Waals surface area (Å²) in [6.07, 6.45) is 2.08. The van der Waals surface area contributed by atoms with Crippen LogP contribution < -0.4 is 15.4 Å². The topological polar surface area (TPSA) is 91.8 Å². The highest BCUT2D eigenvalue weighted by Crippen LogP contribution is 2.24. The number of rotatable bonds is 8. The van der Waals surface area contributed by atoms with E-state index in [-0.39, 0.29) is 5.60 Å². The molecule has 7 nitrogen and oxygen atoms in total. The van der Waals surface area contributed by atoms with E-state index >= 15 is 0 Å². The van der Waals surface area contributed by atoms with E-state index < -0.39 is 10.0 Å². The maximum Gasteiger partial charge on any atom is 0.250 e. The normalized spacial score (nSPS) is 21.8. The molecule has 0 bridgehead atoms. The molecule has 0 spiro atoms. The lowest BCUT2D eigenvalue weighted by atomic mass is 10.0. The first kappa shape index (κ1) is 19.2. The molecule has 1 unspecified atom stereocenters. The first-order valence-electron chi connectivity index (χ1n) is 8.14. The number of sulfonamides is 1. The van der Waals surface area contributed by atoms with Crippen LogP contribution in [-0.4, -0.2) is 52.8 Å². The first-order chi connectivity index (χ1) is 11.5. The van der Waals surface area contributed by atoms with Crippen molar-refractivity contribution in [2.24, 2.45) is 4.99 Å². The summed E-state index contributed by atoms with van der Waals surface area (Å²) in [6, 6.07) is 3.31. The summed E-state index contributed by atoms with van der Waals surface area (Å²) in [6.45, 7) is 6.92. The molecular weight excluding hydrogens is 348 g/mol. The number of thiophene rings is 1. The van der Waals surface area contributed by atoms with Crippen LogP contribution in [-0.2, 0) is 14.8 Å². The number of aliphatic imine (C=N–C) groups is 1. The van der Waals surface area contributed by atoms with E-state index in [1.54, 1.807) is 17.5 Å². The van der Waals surface area contributed by atoms with Crippen molar-refractivity contribution in [2.75, 3.05) is 32.8 Å². The van der Waals surface area contributed by atoms with Crippen LogP contribution in [0.2, 0.25) is 0 Å². The molecule has 2 heterocycles. The van der Waals surface area contributed by atoms with E-state index in [0.717, 1.165) is 26.0 Å². The molecule has 0 aromatic carbocycles. The molecule has 1 aliphatic heterocycles. The lowest BCUT2D eigenvalue weighted by Crippen LogP contribution is -2.42. The van der Waals surface area contributed by atoms with Gasteiger partial charge in [-0.15, -0.1) is 11.3 Å². The summed E-state index contributed by atoms with van der Waals surface area (Å²) in [7, 11) is -3.41. The molecule has 1 saturated heterocycles. The molecule has 1 aliphatic rings. The van der Waals surface area contributed by atoms with Gasteiger partial charge < -0.3 is 15.4 Å². The van der Waals surface area contributed by atoms with Crippen LogP contribution in [0.3, 0.4) is 0 Å². The zero-order valence-electron chi connectivity index (χ0n) is 14.2. The second kappa shape index (κ2) is 8.80. The van der Waals surface area contributed by atoms with Crippen LogP contribution in [0.4, 0.5) is 0 Å². The summed E-state index contributed by atoms with van der Waals surface area (Å²) in [5, 5.41) is 8.04. The van der Waals surface area contributed by atoms with Gasteiger partial charge in [-0.25, -0.2) is 13.1 Å². The minimum atomic E-state index is -3.41. The highest BCUT2D eigenvalue weighted by molar-refractivity contribution is 7.91. The van der Waals surface area contributed by atoms with E-state index in [4.69, 9.17) is 4.74 Å². The predicted molar refractivity (Wildman–Crippen MR) is 97.1 cm³/mol. The molecule has 2 rings (SSSR count). The summed E-state index contributed by atoms with van der Waals surface area (Å²) in [4.78, 5) is 4.55. The van der Waals surface area contributed by atoms with Gasteiger partial charge in [-0.3, -0.25) is 4.99 Å². The van der Waals surface area contributed by atoms with Crippen molar-refractivity contribution in [3.05, 3.63) is 17.5 Å².